The molecule has 1 aliphatic heterocycles. The van der Waals surface area contributed by atoms with Gasteiger partial charge < -0.3 is 20.1 Å². The van der Waals surface area contributed by atoms with Gasteiger partial charge >= 0.3 is 6.09 Å². The van der Waals surface area contributed by atoms with E-state index in [9.17, 15) is 4.79 Å². The quantitative estimate of drug-likeness (QED) is 0.837. The number of nitrogen functional groups attached to an aromatic ring is 1. The summed E-state index contributed by atoms with van der Waals surface area (Å²) in [5.74, 6) is 0.776. The number of aryl methyl sites for hydroxylation is 1. The fraction of sp³-hybridized carbons (Fsp3) is 0.550. The maximum atomic E-state index is 12.2. The third-order valence-electron chi connectivity index (χ3n) is 4.38. The monoisotopic (exact) mass is 344 g/mol. The van der Waals surface area contributed by atoms with Gasteiger partial charge in [0.05, 0.1) is 11.8 Å². The van der Waals surface area contributed by atoms with Crippen LogP contribution in [0.2, 0.25) is 0 Å². The van der Waals surface area contributed by atoms with Crippen molar-refractivity contribution in [2.24, 2.45) is 0 Å². The van der Waals surface area contributed by atoms with Crippen molar-refractivity contribution in [1.82, 2.24) is 4.90 Å². The topological polar surface area (TPSA) is 64.8 Å². The first-order valence-corrected chi connectivity index (χ1v) is 8.97. The van der Waals surface area contributed by atoms with Crippen LogP contribution in [0.25, 0.3) is 5.57 Å². The van der Waals surface area contributed by atoms with Gasteiger partial charge in [-0.15, -0.1) is 0 Å². The second-order valence-electron chi connectivity index (χ2n) is 7.93. The van der Waals surface area contributed by atoms with Crippen molar-refractivity contribution in [2.45, 2.75) is 58.7 Å². The predicted molar refractivity (Wildman–Crippen MR) is 99.6 cm³/mol. The fourth-order valence-corrected chi connectivity index (χ4v) is 2.93. The van der Waals surface area contributed by atoms with Crippen LogP contribution < -0.4 is 10.5 Å². The van der Waals surface area contributed by atoms with Gasteiger partial charge in [0.25, 0.3) is 0 Å². The Kier molecular flexibility index (Phi) is 4.67. The van der Waals surface area contributed by atoms with Crippen molar-refractivity contribution >= 4 is 17.4 Å². The van der Waals surface area contributed by atoms with Gasteiger partial charge in [0.15, 0.2) is 0 Å². The summed E-state index contributed by atoms with van der Waals surface area (Å²) >= 11 is 0. The van der Waals surface area contributed by atoms with Crippen LogP contribution in [0.15, 0.2) is 18.2 Å². The minimum Gasteiger partial charge on any atom is -0.488 e. The van der Waals surface area contributed by atoms with E-state index in [1.54, 1.807) is 4.90 Å². The highest BCUT2D eigenvalue weighted by atomic mass is 16.6. The minimum atomic E-state index is -0.469. The first-order valence-electron chi connectivity index (χ1n) is 8.97. The summed E-state index contributed by atoms with van der Waals surface area (Å²) in [7, 11) is 0. The van der Waals surface area contributed by atoms with E-state index < -0.39 is 5.60 Å². The average molecular weight is 344 g/mol. The van der Waals surface area contributed by atoms with E-state index in [0.717, 1.165) is 36.1 Å². The Balaban J connectivity index is 1.73. The number of anilines is 1. The fourth-order valence-electron chi connectivity index (χ4n) is 2.93. The highest BCUT2D eigenvalue weighted by molar-refractivity contribution is 5.76. The van der Waals surface area contributed by atoms with Crippen LogP contribution in [0.1, 0.15) is 51.2 Å². The van der Waals surface area contributed by atoms with Crippen LogP contribution in [-0.4, -0.2) is 35.8 Å². The molecule has 0 saturated heterocycles. The molecule has 0 radical (unpaired) electrons. The lowest BCUT2D eigenvalue weighted by Gasteiger charge is -2.30. The zero-order valence-corrected chi connectivity index (χ0v) is 15.6. The van der Waals surface area contributed by atoms with Crippen LogP contribution in [0.4, 0.5) is 10.5 Å². The van der Waals surface area contributed by atoms with Gasteiger partial charge in [-0.3, -0.25) is 0 Å². The van der Waals surface area contributed by atoms with Crippen LogP contribution >= 0.6 is 0 Å². The highest BCUT2D eigenvalue weighted by Gasteiger charge is 2.26. The van der Waals surface area contributed by atoms with Crippen LogP contribution in [0.3, 0.4) is 0 Å². The summed E-state index contributed by atoms with van der Waals surface area (Å²) < 4.78 is 11.4. The third-order valence-corrected chi connectivity index (χ3v) is 4.38. The second-order valence-corrected chi connectivity index (χ2v) is 7.93. The molecule has 0 bridgehead atoms. The number of amides is 1. The summed E-state index contributed by atoms with van der Waals surface area (Å²) in [6.45, 7) is 8.93. The normalized spacial score (nSPS) is 17.9. The molecule has 25 heavy (non-hydrogen) atoms. The zero-order chi connectivity index (χ0) is 18.2. The molecule has 2 N–H and O–H groups in total. The number of nitrogens with zero attached hydrogens (tertiary/aromatic N) is 1. The highest BCUT2D eigenvalue weighted by Crippen LogP contribution is 2.36. The van der Waals surface area contributed by atoms with Crippen molar-refractivity contribution in [3.63, 3.8) is 0 Å². The minimum absolute atomic E-state index is 0.255. The molecule has 5 heteroatoms. The molecule has 0 spiro atoms. The molecule has 136 valence electrons. The lowest BCUT2D eigenvalue weighted by molar-refractivity contribution is 0.0270. The standard InChI is InChI=1S/C20H28N2O3/c1-13-11-17(21)18(24-15-5-6-15)12-16(13)14-7-9-22(10-8-14)19(23)25-20(2,3)4/h7,11-12,15H,5-6,8-10,21H2,1-4H3. The van der Waals surface area contributed by atoms with E-state index in [4.69, 9.17) is 15.2 Å². The van der Waals surface area contributed by atoms with Crippen LogP contribution in [0.5, 0.6) is 5.75 Å². The van der Waals surface area contributed by atoms with Crippen molar-refractivity contribution in [1.29, 1.82) is 0 Å². The van der Waals surface area contributed by atoms with E-state index in [2.05, 4.69) is 19.1 Å². The summed E-state index contributed by atoms with van der Waals surface area (Å²) in [4.78, 5) is 13.9. The number of hydrogen-bond acceptors (Lipinski definition) is 4. The van der Waals surface area contributed by atoms with E-state index in [1.807, 2.05) is 26.8 Å². The number of rotatable bonds is 3. The average Bonchev–Trinajstić information content (AvgIpc) is 3.32. The van der Waals surface area contributed by atoms with Crippen molar-refractivity contribution in [3.05, 3.63) is 29.3 Å². The van der Waals surface area contributed by atoms with E-state index in [0.29, 0.717) is 24.9 Å². The number of benzene rings is 1. The first kappa shape index (κ1) is 17.6. The predicted octanol–water partition coefficient (Wildman–Crippen LogP) is 4.14. The molecule has 1 fully saturated rings. The molecule has 1 aromatic rings. The third kappa shape index (κ3) is 4.47. The summed E-state index contributed by atoms with van der Waals surface area (Å²) in [6, 6.07) is 4.03. The number of carbonyl (C=O) groups is 1. The van der Waals surface area contributed by atoms with Crippen LogP contribution in [0, 0.1) is 6.92 Å². The maximum Gasteiger partial charge on any atom is 0.410 e. The molecule has 0 aromatic heterocycles. The van der Waals surface area contributed by atoms with Crippen molar-refractivity contribution in [2.75, 3.05) is 18.8 Å². The lowest BCUT2D eigenvalue weighted by Crippen LogP contribution is -2.39. The Morgan fingerprint density at radius 2 is 2.00 bits per heavy atom. The van der Waals surface area contributed by atoms with Gasteiger partial charge in [0.1, 0.15) is 11.4 Å². The summed E-state index contributed by atoms with van der Waals surface area (Å²) in [5, 5.41) is 0. The molecule has 1 saturated carbocycles. The molecule has 0 unspecified atom stereocenters. The molecule has 0 atom stereocenters. The van der Waals surface area contributed by atoms with E-state index >= 15 is 0 Å². The Labute approximate surface area is 149 Å². The number of carbonyl (C=O) groups excluding carboxylic acids is 1. The van der Waals surface area contributed by atoms with Gasteiger partial charge in [0.2, 0.25) is 0 Å². The van der Waals surface area contributed by atoms with Gasteiger partial charge in [-0.2, -0.15) is 0 Å². The van der Waals surface area contributed by atoms with Crippen LogP contribution in [-0.2, 0) is 4.74 Å². The van der Waals surface area contributed by atoms with E-state index in [1.165, 1.54) is 5.57 Å². The molecule has 1 aromatic carbocycles. The first-order chi connectivity index (χ1) is 11.7. The van der Waals surface area contributed by atoms with Crippen molar-refractivity contribution < 1.29 is 14.3 Å². The molecule has 5 nitrogen and oxygen atoms in total. The Hall–Kier alpha value is -2.17. The lowest BCUT2D eigenvalue weighted by atomic mass is 9.95. The zero-order valence-electron chi connectivity index (χ0n) is 15.6. The second kappa shape index (κ2) is 6.62. The smallest absolute Gasteiger partial charge is 0.410 e. The largest absolute Gasteiger partial charge is 0.488 e. The van der Waals surface area contributed by atoms with Gasteiger partial charge in [-0.05, 0) is 75.8 Å². The number of ether oxygens (including phenoxy) is 2. The number of hydrogen-bond donors (Lipinski definition) is 1. The van der Waals surface area contributed by atoms with Gasteiger partial charge in [-0.1, -0.05) is 6.08 Å². The van der Waals surface area contributed by atoms with Crippen molar-refractivity contribution in [3.8, 4) is 5.75 Å². The molecule has 1 amide bonds. The molecule has 1 heterocycles. The Morgan fingerprint density at radius 3 is 2.56 bits per heavy atom. The molecular formula is C20H28N2O3. The van der Waals surface area contributed by atoms with E-state index in [-0.39, 0.29) is 6.09 Å². The maximum absolute atomic E-state index is 12.2. The van der Waals surface area contributed by atoms with Gasteiger partial charge in [0, 0.05) is 13.1 Å². The summed E-state index contributed by atoms with van der Waals surface area (Å²) in [6.07, 6.45) is 5.18. The summed E-state index contributed by atoms with van der Waals surface area (Å²) in [5.41, 5.74) is 9.86. The Bertz CT molecular complexity index is 700. The number of nitrogens with two attached hydrogens (primary N) is 1. The molecular weight excluding hydrogens is 316 g/mol. The Morgan fingerprint density at radius 1 is 1.28 bits per heavy atom. The molecule has 3 rings (SSSR count). The van der Waals surface area contributed by atoms with Gasteiger partial charge in [-0.25, -0.2) is 4.79 Å². The SMILES string of the molecule is Cc1cc(N)c(OC2CC2)cc1C1=CCN(C(=O)OC(C)(C)C)CC1. The molecule has 2 aliphatic rings. The molecule has 1 aliphatic carbocycles.